The lowest BCUT2D eigenvalue weighted by molar-refractivity contribution is -0.161. The van der Waals surface area contributed by atoms with Gasteiger partial charge in [-0.15, -0.1) is 0 Å². The lowest BCUT2D eigenvalue weighted by Crippen LogP contribution is -2.28. The van der Waals surface area contributed by atoms with Crippen LogP contribution in [0.4, 0.5) is 0 Å². The first-order valence-electron chi connectivity index (χ1n) is 29.8. The van der Waals surface area contributed by atoms with E-state index in [4.69, 9.17) is 9.47 Å². The van der Waals surface area contributed by atoms with Crippen LogP contribution in [0.3, 0.4) is 0 Å². The van der Waals surface area contributed by atoms with Gasteiger partial charge >= 0.3 is 11.9 Å². The minimum Gasteiger partial charge on any atom is -0.462 e. The molecule has 0 rings (SSSR count). The lowest BCUT2D eigenvalue weighted by atomic mass is 10.0. The van der Waals surface area contributed by atoms with Crippen LogP contribution in [0.5, 0.6) is 0 Å². The number of ether oxygens (including phenoxy) is 2. The highest BCUT2D eigenvalue weighted by Gasteiger charge is 2.16. The Kier molecular flexibility index (Phi) is 57.4. The van der Waals surface area contributed by atoms with Gasteiger partial charge in [0, 0.05) is 12.8 Å². The van der Waals surface area contributed by atoms with Gasteiger partial charge in [0.05, 0.1) is 6.61 Å². The summed E-state index contributed by atoms with van der Waals surface area (Å²) in [6.45, 7) is 3.94. The summed E-state index contributed by atoms with van der Waals surface area (Å²) in [5, 5.41) is 9.67. The summed E-state index contributed by atoms with van der Waals surface area (Å²) in [4.78, 5) is 24.6. The lowest BCUT2D eigenvalue weighted by Gasteiger charge is -2.15. The van der Waals surface area contributed by atoms with E-state index >= 15 is 0 Å². The molecule has 0 aromatic carbocycles. The zero-order chi connectivity index (χ0) is 50.6. The third kappa shape index (κ3) is 57.4. The second kappa shape index (κ2) is 60.1. The molecular weight excluding hydrogens is 861 g/mol. The number of allylic oxidation sites excluding steroid dienone is 16. The fourth-order valence-electron chi connectivity index (χ4n) is 8.48. The fourth-order valence-corrected chi connectivity index (χ4v) is 8.48. The van der Waals surface area contributed by atoms with Gasteiger partial charge in [-0.1, -0.05) is 278 Å². The van der Waals surface area contributed by atoms with E-state index in [-0.39, 0.29) is 25.2 Å². The molecular formula is C65H112O5. The minimum absolute atomic E-state index is 0.0681. The Morgan fingerprint density at radius 1 is 0.329 bits per heavy atom. The summed E-state index contributed by atoms with van der Waals surface area (Å²) < 4.78 is 10.7. The van der Waals surface area contributed by atoms with Gasteiger partial charge in [-0.25, -0.2) is 0 Å². The van der Waals surface area contributed by atoms with E-state index in [0.717, 1.165) is 89.9 Å². The number of unbranched alkanes of at least 4 members (excludes halogenated alkanes) is 30. The Labute approximate surface area is 434 Å². The molecule has 0 radical (unpaired) electrons. The summed E-state index contributed by atoms with van der Waals surface area (Å²) in [5.41, 5.74) is 0. The van der Waals surface area contributed by atoms with E-state index in [1.165, 1.54) is 167 Å². The molecule has 0 heterocycles. The van der Waals surface area contributed by atoms with Gasteiger partial charge in [0.2, 0.25) is 0 Å². The summed E-state index contributed by atoms with van der Waals surface area (Å²) in [5.74, 6) is -0.586. The van der Waals surface area contributed by atoms with Gasteiger partial charge in [-0.05, 0) is 89.9 Å². The topological polar surface area (TPSA) is 72.8 Å². The van der Waals surface area contributed by atoms with Crippen molar-refractivity contribution in [2.24, 2.45) is 0 Å². The quantitative estimate of drug-likeness (QED) is 0.0373. The van der Waals surface area contributed by atoms with Crippen LogP contribution >= 0.6 is 0 Å². The summed E-state index contributed by atoms with van der Waals surface area (Å²) >= 11 is 0. The predicted octanol–water partition coefficient (Wildman–Crippen LogP) is 20.3. The number of aliphatic hydroxyl groups excluding tert-OH is 1. The maximum absolute atomic E-state index is 12.3. The van der Waals surface area contributed by atoms with Crippen LogP contribution in [0.25, 0.3) is 0 Å². The number of aliphatic hydroxyl groups is 1. The Balaban J connectivity index is 3.46. The number of rotatable bonds is 54. The molecule has 0 spiro atoms. The molecule has 402 valence electrons. The number of esters is 2. The van der Waals surface area contributed by atoms with E-state index in [9.17, 15) is 14.7 Å². The zero-order valence-corrected chi connectivity index (χ0v) is 46.0. The normalized spacial score (nSPS) is 12.9. The van der Waals surface area contributed by atoms with E-state index in [0.29, 0.717) is 12.8 Å². The molecule has 0 aliphatic carbocycles. The van der Waals surface area contributed by atoms with Crippen molar-refractivity contribution < 1.29 is 24.2 Å². The Morgan fingerprint density at radius 2 is 0.571 bits per heavy atom. The van der Waals surface area contributed by atoms with Gasteiger partial charge in [-0.3, -0.25) is 9.59 Å². The average molecular weight is 974 g/mol. The first-order chi connectivity index (χ1) is 34.6. The number of carbonyl (C=O) groups is 2. The molecule has 0 aliphatic rings. The van der Waals surface area contributed by atoms with Gasteiger partial charge in [0.15, 0.2) is 6.10 Å². The van der Waals surface area contributed by atoms with Crippen molar-refractivity contribution in [3.63, 3.8) is 0 Å². The van der Waals surface area contributed by atoms with Crippen molar-refractivity contribution in [3.8, 4) is 0 Å². The molecule has 0 fully saturated rings. The molecule has 5 nitrogen and oxygen atoms in total. The number of hydrogen-bond acceptors (Lipinski definition) is 5. The van der Waals surface area contributed by atoms with Crippen LogP contribution < -0.4 is 0 Å². The van der Waals surface area contributed by atoms with Gasteiger partial charge in [0.25, 0.3) is 0 Å². The third-order valence-electron chi connectivity index (χ3n) is 12.9. The Hall–Kier alpha value is -3.18. The molecule has 0 aliphatic heterocycles. The van der Waals surface area contributed by atoms with E-state index < -0.39 is 6.10 Å². The number of carbonyl (C=O) groups excluding carboxylic acids is 2. The van der Waals surface area contributed by atoms with Crippen molar-refractivity contribution in [2.45, 2.75) is 290 Å². The first kappa shape index (κ1) is 66.8. The summed E-state index contributed by atoms with van der Waals surface area (Å²) in [6, 6.07) is 0. The standard InChI is InChI=1S/C65H112O5/c1-3-5-7-9-11-13-15-17-19-21-23-25-27-29-30-31-32-33-34-36-38-40-42-44-46-48-50-52-54-56-58-60-65(68)70-63(61-66)62-69-64(67)59-57-55-53-51-49-47-45-43-41-39-37-35-28-26-24-22-20-18-16-14-12-10-8-6-4-2/h5-8,11-14,17-20,23-26,63,66H,3-4,9-10,15-16,21-22,27-62H2,1-2H3/b7-5-,8-6-,13-11-,14-12-,19-17-,20-18-,25-23-,26-24-. The second-order valence-electron chi connectivity index (χ2n) is 19.7. The molecule has 0 aromatic heterocycles. The first-order valence-corrected chi connectivity index (χ1v) is 29.8. The smallest absolute Gasteiger partial charge is 0.306 e. The Bertz CT molecular complexity index is 1330. The van der Waals surface area contributed by atoms with Gasteiger partial charge < -0.3 is 14.6 Å². The Morgan fingerprint density at radius 3 is 0.857 bits per heavy atom. The molecule has 0 aromatic rings. The minimum atomic E-state index is -0.777. The zero-order valence-electron chi connectivity index (χ0n) is 46.0. The third-order valence-corrected chi connectivity index (χ3v) is 12.9. The maximum atomic E-state index is 12.3. The highest BCUT2D eigenvalue weighted by atomic mass is 16.6. The molecule has 70 heavy (non-hydrogen) atoms. The monoisotopic (exact) mass is 973 g/mol. The van der Waals surface area contributed by atoms with Crippen molar-refractivity contribution >= 4 is 11.9 Å². The van der Waals surface area contributed by atoms with Crippen molar-refractivity contribution in [2.75, 3.05) is 13.2 Å². The molecule has 0 saturated heterocycles. The molecule has 0 saturated carbocycles. The predicted molar refractivity (Wildman–Crippen MR) is 306 cm³/mol. The van der Waals surface area contributed by atoms with Crippen LogP contribution in [0.15, 0.2) is 97.2 Å². The molecule has 1 N–H and O–H groups in total. The second-order valence-corrected chi connectivity index (χ2v) is 19.7. The molecule has 1 atom stereocenters. The van der Waals surface area contributed by atoms with E-state index in [2.05, 4.69) is 111 Å². The van der Waals surface area contributed by atoms with Crippen molar-refractivity contribution in [3.05, 3.63) is 97.2 Å². The summed E-state index contributed by atoms with van der Waals surface area (Å²) in [6.07, 6.45) is 85.3. The van der Waals surface area contributed by atoms with Crippen LogP contribution in [0.1, 0.15) is 284 Å². The van der Waals surface area contributed by atoms with Crippen LogP contribution in [-0.2, 0) is 19.1 Å². The van der Waals surface area contributed by atoms with Crippen LogP contribution in [0, 0.1) is 0 Å². The van der Waals surface area contributed by atoms with E-state index in [1.807, 2.05) is 0 Å². The average Bonchev–Trinajstić information content (AvgIpc) is 3.36. The molecule has 0 bridgehead atoms. The molecule has 5 heteroatoms. The van der Waals surface area contributed by atoms with Crippen LogP contribution in [0.2, 0.25) is 0 Å². The largest absolute Gasteiger partial charge is 0.462 e. The number of hydrogen-bond donors (Lipinski definition) is 1. The fraction of sp³-hybridized carbons (Fsp3) is 0.723. The highest BCUT2D eigenvalue weighted by Crippen LogP contribution is 2.17. The molecule has 1 unspecified atom stereocenters. The van der Waals surface area contributed by atoms with Gasteiger partial charge in [0.1, 0.15) is 6.61 Å². The summed E-state index contributed by atoms with van der Waals surface area (Å²) in [7, 11) is 0. The van der Waals surface area contributed by atoms with E-state index in [1.54, 1.807) is 0 Å². The van der Waals surface area contributed by atoms with Crippen molar-refractivity contribution in [1.82, 2.24) is 0 Å². The van der Waals surface area contributed by atoms with Crippen molar-refractivity contribution in [1.29, 1.82) is 0 Å². The maximum Gasteiger partial charge on any atom is 0.306 e. The van der Waals surface area contributed by atoms with Gasteiger partial charge in [-0.2, -0.15) is 0 Å². The SMILES string of the molecule is CC/C=C\C/C=C\C/C=C\C/C=C\CCCCCCCCCCCCCCCCCCCCC(=O)OC(CO)COC(=O)CCCCCCCCCCCCCC/C=C\C/C=C\C/C=C\C/C=C\CC. The molecule has 0 amide bonds. The highest BCUT2D eigenvalue weighted by molar-refractivity contribution is 5.70. The van der Waals surface area contributed by atoms with Crippen LogP contribution in [-0.4, -0.2) is 36.4 Å².